The lowest BCUT2D eigenvalue weighted by Crippen LogP contribution is -2.36. The van der Waals surface area contributed by atoms with Crippen molar-refractivity contribution in [3.63, 3.8) is 0 Å². The lowest BCUT2D eigenvalue weighted by Gasteiger charge is -2.45. The molecular formula is C35H26N2S2. The van der Waals surface area contributed by atoms with Crippen LogP contribution in [-0.4, -0.2) is 13.1 Å². The molecular weight excluding hydrogens is 513 g/mol. The largest absolute Gasteiger partial charge is 0.387 e. The molecule has 0 aromatic heterocycles. The van der Waals surface area contributed by atoms with E-state index >= 15 is 0 Å². The maximum atomic E-state index is 3.56. The molecule has 4 heterocycles. The molecule has 8 rings (SSSR count). The maximum absolute atomic E-state index is 3.56. The van der Waals surface area contributed by atoms with Gasteiger partial charge in [-0.2, -0.15) is 0 Å². The van der Waals surface area contributed by atoms with Gasteiger partial charge in [0, 0.05) is 38.4 Å². The van der Waals surface area contributed by atoms with E-state index in [9.17, 15) is 0 Å². The van der Waals surface area contributed by atoms with Crippen LogP contribution in [0.15, 0.2) is 141 Å². The molecule has 4 aliphatic rings. The molecule has 188 valence electrons. The van der Waals surface area contributed by atoms with Crippen LogP contribution >= 0.6 is 23.5 Å². The van der Waals surface area contributed by atoms with Crippen molar-refractivity contribution >= 4 is 34.8 Å². The lowest BCUT2D eigenvalue weighted by atomic mass is 9.64. The van der Waals surface area contributed by atoms with E-state index < -0.39 is 0 Å². The van der Waals surface area contributed by atoms with Gasteiger partial charge in [-0.15, -0.1) is 0 Å². The molecule has 0 atom stereocenters. The summed E-state index contributed by atoms with van der Waals surface area (Å²) in [6.07, 6.45) is 13.0. The van der Waals surface area contributed by atoms with Crippen LogP contribution in [0, 0.1) is 0 Å². The number of hydrogen-bond acceptors (Lipinski definition) is 4. The fourth-order valence-electron chi connectivity index (χ4n) is 6.34. The Morgan fingerprint density at radius 1 is 0.641 bits per heavy atom. The normalized spacial score (nSPS) is 17.5. The molecule has 4 aromatic carbocycles. The summed E-state index contributed by atoms with van der Waals surface area (Å²) in [7, 11) is 0. The molecule has 2 nitrogen and oxygen atoms in total. The van der Waals surface area contributed by atoms with Gasteiger partial charge in [-0.25, -0.2) is 0 Å². The third-order valence-electron chi connectivity index (χ3n) is 8.07. The summed E-state index contributed by atoms with van der Waals surface area (Å²) in [5.41, 5.74) is 10.1. The number of nitrogens with one attached hydrogen (secondary N) is 2. The first kappa shape index (κ1) is 23.1. The second kappa shape index (κ2) is 9.11. The molecule has 4 heteroatoms. The average Bonchev–Trinajstić information content (AvgIpc) is 3.01. The van der Waals surface area contributed by atoms with E-state index in [4.69, 9.17) is 0 Å². The fourth-order valence-corrected chi connectivity index (χ4v) is 8.81. The molecule has 0 amide bonds. The highest BCUT2D eigenvalue weighted by atomic mass is 32.2. The van der Waals surface area contributed by atoms with Gasteiger partial charge in [0.05, 0.1) is 5.41 Å². The Morgan fingerprint density at radius 3 is 1.95 bits per heavy atom. The summed E-state index contributed by atoms with van der Waals surface area (Å²) in [6, 6.07) is 32.2. The van der Waals surface area contributed by atoms with Crippen molar-refractivity contribution in [2.45, 2.75) is 25.0 Å². The molecule has 0 bridgehead atoms. The summed E-state index contributed by atoms with van der Waals surface area (Å²) >= 11 is 3.80. The standard InChI is InChI=1S/C35H26N2S2/c1-3-10-31-26(7-1)35(27-8-2-4-11-32(27)38-31)28-14-12-24(23-16-19-36-20-17-23)21-33(28)39-34-22-25(13-15-29(34)35)30-9-5-6-18-37-30/h1-17,19,21-22,36-37H,18,20H2. The number of allylic oxidation sites excluding steroid dienone is 4. The highest BCUT2D eigenvalue weighted by molar-refractivity contribution is 8.00. The predicted molar refractivity (Wildman–Crippen MR) is 163 cm³/mol. The van der Waals surface area contributed by atoms with Gasteiger partial charge in [-0.3, -0.25) is 0 Å². The van der Waals surface area contributed by atoms with Crippen molar-refractivity contribution in [1.82, 2.24) is 10.6 Å². The topological polar surface area (TPSA) is 24.1 Å². The summed E-state index contributed by atoms with van der Waals surface area (Å²) in [5, 5.41) is 6.84. The quantitative estimate of drug-likeness (QED) is 0.233. The van der Waals surface area contributed by atoms with Gasteiger partial charge in [-0.1, -0.05) is 102 Å². The fraction of sp³-hybridized carbons (Fsp3) is 0.0857. The molecule has 0 saturated heterocycles. The molecule has 0 saturated carbocycles. The van der Waals surface area contributed by atoms with Crippen LogP contribution < -0.4 is 10.6 Å². The minimum atomic E-state index is -0.377. The van der Waals surface area contributed by atoms with E-state index in [-0.39, 0.29) is 5.41 Å². The maximum Gasteiger partial charge on any atom is 0.0745 e. The first-order valence-electron chi connectivity index (χ1n) is 13.4. The number of benzene rings is 4. The second-order valence-corrected chi connectivity index (χ2v) is 12.3. The van der Waals surface area contributed by atoms with Crippen molar-refractivity contribution < 1.29 is 0 Å². The van der Waals surface area contributed by atoms with Crippen molar-refractivity contribution in [3.05, 3.63) is 155 Å². The Bertz CT molecular complexity index is 1730. The number of fused-ring (bicyclic) bond motifs is 8. The zero-order chi connectivity index (χ0) is 25.8. The summed E-state index contributed by atoms with van der Waals surface area (Å²) in [6.45, 7) is 1.72. The monoisotopic (exact) mass is 538 g/mol. The Kier molecular flexibility index (Phi) is 5.39. The van der Waals surface area contributed by atoms with Crippen LogP contribution in [0.4, 0.5) is 0 Å². The van der Waals surface area contributed by atoms with Crippen molar-refractivity contribution in [3.8, 4) is 0 Å². The molecule has 4 aliphatic heterocycles. The van der Waals surface area contributed by atoms with Crippen LogP contribution in [0.2, 0.25) is 0 Å². The Hall–Kier alpha value is -3.86. The molecule has 2 N–H and O–H groups in total. The van der Waals surface area contributed by atoms with E-state index in [0.29, 0.717) is 0 Å². The van der Waals surface area contributed by atoms with Crippen molar-refractivity contribution in [2.75, 3.05) is 13.1 Å². The average molecular weight is 539 g/mol. The van der Waals surface area contributed by atoms with Crippen LogP contribution in [-0.2, 0) is 5.41 Å². The molecule has 4 aromatic rings. The lowest BCUT2D eigenvalue weighted by molar-refractivity contribution is 0.666. The SMILES string of the molecule is C1=CCNC(c2ccc3c(c2)Sc2cc(C4=CCNC=C4)ccc2C32c3ccccc3Sc3ccccc32)=C1. The van der Waals surface area contributed by atoms with E-state index in [1.807, 2.05) is 23.5 Å². The third-order valence-corrected chi connectivity index (χ3v) is 10.3. The van der Waals surface area contributed by atoms with Crippen molar-refractivity contribution in [1.29, 1.82) is 0 Å². The first-order chi connectivity index (χ1) is 19.3. The Morgan fingerprint density at radius 2 is 1.28 bits per heavy atom. The first-order valence-corrected chi connectivity index (χ1v) is 15.0. The van der Waals surface area contributed by atoms with E-state index in [2.05, 4.69) is 132 Å². The van der Waals surface area contributed by atoms with Crippen LogP contribution in [0.5, 0.6) is 0 Å². The highest BCUT2D eigenvalue weighted by Gasteiger charge is 2.48. The molecule has 39 heavy (non-hydrogen) atoms. The minimum absolute atomic E-state index is 0.377. The minimum Gasteiger partial charge on any atom is -0.387 e. The van der Waals surface area contributed by atoms with Crippen molar-refractivity contribution in [2.24, 2.45) is 0 Å². The number of dihydropyridines is 2. The highest BCUT2D eigenvalue weighted by Crippen LogP contribution is 2.61. The zero-order valence-corrected chi connectivity index (χ0v) is 22.9. The molecule has 0 fully saturated rings. The van der Waals surface area contributed by atoms with Gasteiger partial charge in [-0.05, 0) is 81.6 Å². The van der Waals surface area contributed by atoms with Gasteiger partial charge in [0.2, 0.25) is 0 Å². The van der Waals surface area contributed by atoms with Crippen LogP contribution in [0.1, 0.15) is 33.4 Å². The van der Waals surface area contributed by atoms with Crippen LogP contribution in [0.3, 0.4) is 0 Å². The number of hydrogen-bond donors (Lipinski definition) is 2. The van der Waals surface area contributed by atoms with Gasteiger partial charge in [0.15, 0.2) is 0 Å². The Labute approximate surface area is 237 Å². The van der Waals surface area contributed by atoms with Crippen LogP contribution in [0.25, 0.3) is 11.3 Å². The summed E-state index contributed by atoms with van der Waals surface area (Å²) in [5.74, 6) is 0. The van der Waals surface area contributed by atoms with E-state index in [1.165, 1.54) is 64.2 Å². The van der Waals surface area contributed by atoms with Gasteiger partial charge >= 0.3 is 0 Å². The second-order valence-electron chi connectivity index (χ2n) is 10.2. The Balaban J connectivity index is 1.44. The zero-order valence-electron chi connectivity index (χ0n) is 21.3. The summed E-state index contributed by atoms with van der Waals surface area (Å²) in [4.78, 5) is 5.31. The smallest absolute Gasteiger partial charge is 0.0745 e. The number of rotatable bonds is 2. The molecule has 0 aliphatic carbocycles. The summed E-state index contributed by atoms with van der Waals surface area (Å²) < 4.78 is 0. The van der Waals surface area contributed by atoms with Gasteiger partial charge in [0.25, 0.3) is 0 Å². The predicted octanol–water partition coefficient (Wildman–Crippen LogP) is 8.00. The van der Waals surface area contributed by atoms with E-state index in [1.54, 1.807) is 0 Å². The van der Waals surface area contributed by atoms with Gasteiger partial charge < -0.3 is 10.6 Å². The molecule has 0 unspecified atom stereocenters. The van der Waals surface area contributed by atoms with Gasteiger partial charge in [0.1, 0.15) is 0 Å². The third kappa shape index (κ3) is 3.52. The molecule has 0 radical (unpaired) electrons. The molecule has 1 spiro atoms. The van der Waals surface area contributed by atoms with E-state index in [0.717, 1.165) is 13.1 Å².